The summed E-state index contributed by atoms with van der Waals surface area (Å²) < 4.78 is 0. The Balaban J connectivity index is 4.00. The molecular formula is C94H178N36O18S. The summed E-state index contributed by atoms with van der Waals surface area (Å²) >= 11 is 1.34. The van der Waals surface area contributed by atoms with Crippen LogP contribution in [0.25, 0.3) is 0 Å². The number of carbonyl (C=O) groups is 17. The van der Waals surface area contributed by atoms with Crippen LogP contribution in [0, 0.1) is 68.0 Å². The number of carbonyl (C=O) groups excluding carboxylic acids is 16. The first-order valence-corrected chi connectivity index (χ1v) is 52.8. The smallest absolute Gasteiger partial charge is 0.326 e. The standard InChI is InChI=1S/C94H178N36O18S/c1-49(2)43-65(80(139)120-59(27-19-36-110-90(99)100)75(134)118-61(29-21-38-112-92(103)104)77(136)125-70(48-54(11)12)85(144)129-67(45-51(5)6)82(141)123-64(88(147)148)31-23-40-114-94(107)108)127-83(142)68(46-52(7)8)124-76(135)60(28-20-37-111-91(101)102)117-74(133)58(26-18-35-109-89(97)98)121-81(140)66(44-50(3)4)128-84(143)69(47-53(9)10)126-78(137)62(30-22-39-113-93(105)106)119-79(138)63(33-42-149-15)116-72(131)56(14)115-73(132)57(25-16-17-34-95)122-86(145)71-32-24-41-130(71)87(146)55(13)96/h49-71H,16-48,95-96H2,1-15H3,(H,115,132)(H,116,131)(H,117,133)(H,118,134)(H,119,138)(H,120,139)(H,121,140)(H,122,145)(H,123,141)(H,124,135)(H,125,136)(H,126,137)(H,127,142)(H,128,143)(H,129,144)(H,147,148)(H4,97,98,109)(H4,99,100,110)(H4,101,102,111)(H4,103,104,112)(H4,105,106,113)(H4,107,108,114)/t55-,56-,57-,58-,59-,60-,61-,62-,63-,64-,65-,66-,67-,68-,69-,70-,71-/m0/s1. The largest absolute Gasteiger partial charge is 0.480 e. The van der Waals surface area contributed by atoms with Gasteiger partial charge in [0.25, 0.3) is 0 Å². The zero-order chi connectivity index (χ0) is 113. The second-order valence-corrected chi connectivity index (χ2v) is 41.1. The third-order valence-corrected chi connectivity index (χ3v) is 24.2. The van der Waals surface area contributed by atoms with Crippen LogP contribution >= 0.6 is 11.8 Å². The van der Waals surface area contributed by atoms with Crippen molar-refractivity contribution in [1.29, 1.82) is 32.5 Å². The number of carboxylic acid groups (broad SMARTS) is 1. The molecule has 0 aromatic rings. The molecule has 0 aromatic carbocycles. The molecule has 16 amide bonds. The number of aliphatic carboxylic acids is 1. The molecule has 0 aliphatic carbocycles. The van der Waals surface area contributed by atoms with E-state index in [1.807, 2.05) is 0 Å². The Morgan fingerprint density at radius 2 is 0.503 bits per heavy atom. The molecule has 149 heavy (non-hydrogen) atoms. The van der Waals surface area contributed by atoms with Crippen LogP contribution in [0.5, 0.6) is 0 Å². The fourth-order valence-electron chi connectivity index (χ4n) is 16.0. The predicted octanol–water partition coefficient (Wildman–Crippen LogP) is -5.56. The molecule has 1 aliphatic heterocycles. The lowest BCUT2D eigenvalue weighted by atomic mass is 9.98. The maximum absolute atomic E-state index is 15.2. The minimum absolute atomic E-state index is 0.00154. The average Bonchev–Trinajstić information content (AvgIpc) is 1.70. The lowest BCUT2D eigenvalue weighted by Gasteiger charge is -2.30. The van der Waals surface area contributed by atoms with E-state index in [0.717, 1.165) is 0 Å². The SMILES string of the molecule is CSCC[C@H](NC(=O)[C@H](C)NC(=O)[C@H](CCCCN)NC(=O)[C@@H]1CCCN1C(=O)[C@H](C)N)C(=O)N[C@@H](CCCNC(=N)N)C(=O)N[C@@H](CC(C)C)C(=O)N[C@@H](CC(C)C)C(=O)N[C@@H](CCCNC(=N)N)C(=O)N[C@@H](CCCNC(=N)N)C(=O)N[C@@H](CC(C)C)C(=O)N[C@@H](CC(C)C)C(=O)N[C@@H](CCCNC(=N)N)C(=O)N[C@@H](CCCNC(=N)N)C(=O)N[C@@H](CC(C)C)C(=O)N[C@@H](CC(C)C)C(=O)N[C@@H](CCCNC(=N)N)C(=O)O. The summed E-state index contributed by atoms with van der Waals surface area (Å²) in [6.07, 6.45) is 2.82. The van der Waals surface area contributed by atoms with Crippen LogP contribution in [-0.2, 0) is 81.5 Å². The minimum Gasteiger partial charge on any atom is -0.480 e. The fraction of sp³-hybridized carbons (Fsp3) is 0.755. The number of likely N-dealkylation sites (tertiary alicyclic amines) is 1. The highest BCUT2D eigenvalue weighted by Gasteiger charge is 2.42. The zero-order valence-electron chi connectivity index (χ0n) is 89.5. The van der Waals surface area contributed by atoms with E-state index in [9.17, 15) is 62.6 Å². The number of nitrogens with two attached hydrogens (primary N) is 8. The first kappa shape index (κ1) is 134. The minimum atomic E-state index is -1.56. The average molecular weight is 2130 g/mol. The molecule has 0 unspecified atom stereocenters. The van der Waals surface area contributed by atoms with Crippen molar-refractivity contribution in [1.82, 2.24) is 117 Å². The van der Waals surface area contributed by atoms with Gasteiger partial charge in [-0.2, -0.15) is 11.8 Å². The van der Waals surface area contributed by atoms with Crippen molar-refractivity contribution in [3.05, 3.63) is 0 Å². The van der Waals surface area contributed by atoms with Gasteiger partial charge >= 0.3 is 5.97 Å². The quantitative estimate of drug-likeness (QED) is 0.0153. The number of nitrogens with one attached hydrogen (secondary N) is 27. The first-order valence-electron chi connectivity index (χ1n) is 51.4. The summed E-state index contributed by atoms with van der Waals surface area (Å²) in [4.78, 5) is 247. The number of amides is 16. The van der Waals surface area contributed by atoms with Crippen molar-refractivity contribution < 1.29 is 86.6 Å². The molecule has 848 valence electrons. The molecule has 1 fully saturated rings. The topological polar surface area (TPSA) is 918 Å². The van der Waals surface area contributed by atoms with Gasteiger partial charge in [0.15, 0.2) is 35.8 Å². The van der Waals surface area contributed by atoms with Gasteiger partial charge in [0.1, 0.15) is 96.7 Å². The van der Waals surface area contributed by atoms with Gasteiger partial charge in [-0.3, -0.25) is 109 Å². The Bertz CT molecular complexity index is 4350. The third-order valence-electron chi connectivity index (χ3n) is 23.5. The van der Waals surface area contributed by atoms with Crippen LogP contribution in [-0.4, -0.2) is 313 Å². The second-order valence-electron chi connectivity index (χ2n) is 40.1. The number of guanidine groups is 6. The van der Waals surface area contributed by atoms with Crippen molar-refractivity contribution in [3.63, 3.8) is 0 Å². The molecule has 1 rings (SSSR count). The van der Waals surface area contributed by atoms with Crippen LogP contribution in [0.4, 0.5) is 0 Å². The maximum atomic E-state index is 15.2. The number of hydrogen-bond donors (Lipinski definition) is 36. The van der Waals surface area contributed by atoms with Crippen LogP contribution in [0.1, 0.15) is 251 Å². The fourth-order valence-corrected chi connectivity index (χ4v) is 16.5. The van der Waals surface area contributed by atoms with E-state index in [4.69, 9.17) is 78.3 Å². The monoisotopic (exact) mass is 2130 g/mol. The van der Waals surface area contributed by atoms with E-state index >= 15 is 24.0 Å². The lowest BCUT2D eigenvalue weighted by molar-refractivity contribution is -0.142. The Kier molecular flexibility index (Phi) is 65.0. The number of rotatable bonds is 75. The number of unbranched alkanes of at least 4 members (excludes halogenated alkanes) is 1. The summed E-state index contributed by atoms with van der Waals surface area (Å²) in [5.41, 5.74) is 45.2. The summed E-state index contributed by atoms with van der Waals surface area (Å²) in [5, 5.41) is 113. The normalized spacial score (nSPS) is 15.5. The predicted molar refractivity (Wildman–Crippen MR) is 568 cm³/mol. The van der Waals surface area contributed by atoms with Gasteiger partial charge in [0.2, 0.25) is 94.5 Å². The highest BCUT2D eigenvalue weighted by atomic mass is 32.2. The van der Waals surface area contributed by atoms with E-state index in [2.05, 4.69) is 112 Å². The van der Waals surface area contributed by atoms with Crippen molar-refractivity contribution in [2.24, 2.45) is 81.4 Å². The molecular weight excluding hydrogens is 1950 g/mol. The molecule has 0 radical (unpaired) electrons. The van der Waals surface area contributed by atoms with E-state index in [0.29, 0.717) is 31.4 Å². The molecule has 1 aliphatic rings. The Morgan fingerprint density at radius 1 is 0.295 bits per heavy atom. The van der Waals surface area contributed by atoms with Crippen molar-refractivity contribution in [3.8, 4) is 0 Å². The van der Waals surface area contributed by atoms with Gasteiger partial charge < -0.3 is 168 Å². The molecule has 55 heteroatoms. The molecule has 0 aromatic heterocycles. The van der Waals surface area contributed by atoms with Crippen LogP contribution in [0.2, 0.25) is 0 Å². The molecule has 0 bridgehead atoms. The van der Waals surface area contributed by atoms with Gasteiger partial charge in [-0.1, -0.05) is 83.1 Å². The Hall–Kier alpha value is -13.1. The van der Waals surface area contributed by atoms with Gasteiger partial charge in [0, 0.05) is 45.8 Å². The van der Waals surface area contributed by atoms with Gasteiger partial charge in [-0.15, -0.1) is 0 Å². The van der Waals surface area contributed by atoms with Gasteiger partial charge in [-0.25, -0.2) is 4.79 Å². The first-order chi connectivity index (χ1) is 69.9. The third kappa shape index (κ3) is 57.3. The van der Waals surface area contributed by atoms with Crippen LogP contribution < -0.4 is 158 Å². The number of hydrogen-bond acceptors (Lipinski definition) is 26. The Morgan fingerprint density at radius 3 is 0.732 bits per heavy atom. The lowest BCUT2D eigenvalue weighted by Crippen LogP contribution is -2.61. The summed E-state index contributed by atoms with van der Waals surface area (Å²) in [5.74, 6) is -18.7. The van der Waals surface area contributed by atoms with E-state index in [-0.39, 0.29) is 222 Å². The molecule has 1 saturated heterocycles. The molecule has 44 N–H and O–H groups in total. The van der Waals surface area contributed by atoms with Crippen molar-refractivity contribution in [2.45, 2.75) is 354 Å². The maximum Gasteiger partial charge on any atom is 0.326 e. The molecule has 0 saturated carbocycles. The van der Waals surface area contributed by atoms with E-state index < -0.39 is 233 Å². The molecule has 1 heterocycles. The van der Waals surface area contributed by atoms with Crippen molar-refractivity contribution in [2.75, 3.05) is 64.4 Å². The number of carboxylic acids is 1. The van der Waals surface area contributed by atoms with E-state index in [1.165, 1.54) is 30.5 Å². The highest BCUT2D eigenvalue weighted by Crippen LogP contribution is 2.22. The highest BCUT2D eigenvalue weighted by molar-refractivity contribution is 7.98. The summed E-state index contributed by atoms with van der Waals surface area (Å²) in [6, 6.07) is -23.1. The summed E-state index contributed by atoms with van der Waals surface area (Å²) in [7, 11) is 0. The van der Waals surface area contributed by atoms with Gasteiger partial charge in [-0.05, 0) is 222 Å². The van der Waals surface area contributed by atoms with E-state index in [1.54, 1.807) is 89.3 Å². The summed E-state index contributed by atoms with van der Waals surface area (Å²) in [6.45, 7) is 24.7. The number of thioether (sulfide) groups is 1. The molecule has 54 nitrogen and oxygen atoms in total. The van der Waals surface area contributed by atoms with Crippen molar-refractivity contribution >= 4 is 148 Å². The number of nitrogens with zero attached hydrogens (tertiary/aromatic N) is 1. The molecule has 17 atom stereocenters. The second kappa shape index (κ2) is 72.3. The Labute approximate surface area is 878 Å². The van der Waals surface area contributed by atoms with Crippen LogP contribution in [0.3, 0.4) is 0 Å². The molecule has 0 spiro atoms. The zero-order valence-corrected chi connectivity index (χ0v) is 90.3. The van der Waals surface area contributed by atoms with Crippen LogP contribution in [0.15, 0.2) is 0 Å². The van der Waals surface area contributed by atoms with Gasteiger partial charge in [0.05, 0.1) is 6.04 Å².